The van der Waals surface area contributed by atoms with Crippen molar-refractivity contribution in [3.8, 4) is 0 Å². The van der Waals surface area contributed by atoms with Gasteiger partial charge in [-0.25, -0.2) is 0 Å². The summed E-state index contributed by atoms with van der Waals surface area (Å²) >= 11 is 1.75. The lowest BCUT2D eigenvalue weighted by atomic mass is 9.93. The standard InChI is InChI=1S/C15H25NS/c1-7-9-14(8-2)13(3)15(12-17-6)10-11-16(4)5/h7-13H,1-6H3/b9-7-,11-10-,14-8+,15-12+. The zero-order valence-corrected chi connectivity index (χ0v) is 12.7. The largest absolute Gasteiger partial charge is 0.383 e. The van der Waals surface area contributed by atoms with Gasteiger partial charge < -0.3 is 4.90 Å². The van der Waals surface area contributed by atoms with Crippen LogP contribution in [0.15, 0.2) is 47.1 Å². The summed E-state index contributed by atoms with van der Waals surface area (Å²) in [5, 5.41) is 2.22. The average molecular weight is 251 g/mol. The number of hydrogen-bond acceptors (Lipinski definition) is 2. The number of thioether (sulfide) groups is 1. The van der Waals surface area contributed by atoms with Gasteiger partial charge in [0, 0.05) is 20.0 Å². The Labute approximate surface area is 111 Å². The Kier molecular flexibility index (Phi) is 8.69. The lowest BCUT2D eigenvalue weighted by Gasteiger charge is -2.15. The van der Waals surface area contributed by atoms with Crippen LogP contribution in [0.1, 0.15) is 20.8 Å². The molecule has 0 fully saturated rings. The molecule has 0 aromatic carbocycles. The molecule has 0 aliphatic rings. The molecule has 0 aliphatic heterocycles. The molecule has 17 heavy (non-hydrogen) atoms. The summed E-state index contributed by atoms with van der Waals surface area (Å²) in [6.45, 7) is 6.40. The normalized spacial score (nSPS) is 15.9. The van der Waals surface area contributed by atoms with Gasteiger partial charge in [0.05, 0.1) is 0 Å². The van der Waals surface area contributed by atoms with E-state index in [4.69, 9.17) is 0 Å². The Hall–Kier alpha value is -0.890. The third-order valence-electron chi connectivity index (χ3n) is 2.51. The highest BCUT2D eigenvalue weighted by Crippen LogP contribution is 2.24. The van der Waals surface area contributed by atoms with Crippen molar-refractivity contribution in [3.05, 3.63) is 47.1 Å². The third kappa shape index (κ3) is 6.42. The first-order valence-corrected chi connectivity index (χ1v) is 7.22. The number of allylic oxidation sites excluding steroid dienone is 6. The maximum absolute atomic E-state index is 2.25. The molecule has 0 aromatic heterocycles. The van der Waals surface area contributed by atoms with Crippen molar-refractivity contribution in [1.82, 2.24) is 4.90 Å². The van der Waals surface area contributed by atoms with Gasteiger partial charge in [-0.3, -0.25) is 0 Å². The highest BCUT2D eigenvalue weighted by atomic mass is 32.2. The van der Waals surface area contributed by atoms with Crippen LogP contribution in [0, 0.1) is 5.92 Å². The number of nitrogens with zero attached hydrogens (tertiary/aromatic N) is 1. The van der Waals surface area contributed by atoms with E-state index in [2.05, 4.69) is 67.8 Å². The molecular formula is C15H25NS. The van der Waals surface area contributed by atoms with Crippen molar-refractivity contribution in [2.24, 2.45) is 5.92 Å². The quantitative estimate of drug-likeness (QED) is 0.641. The maximum atomic E-state index is 2.25. The van der Waals surface area contributed by atoms with Crippen LogP contribution < -0.4 is 0 Å². The highest BCUT2D eigenvalue weighted by molar-refractivity contribution is 8.01. The van der Waals surface area contributed by atoms with Gasteiger partial charge in [-0.2, -0.15) is 0 Å². The van der Waals surface area contributed by atoms with Gasteiger partial charge in [-0.1, -0.05) is 25.2 Å². The molecule has 1 unspecified atom stereocenters. The second kappa shape index (κ2) is 9.17. The van der Waals surface area contributed by atoms with E-state index < -0.39 is 0 Å². The molecule has 0 spiro atoms. The van der Waals surface area contributed by atoms with E-state index in [0.29, 0.717) is 5.92 Å². The van der Waals surface area contributed by atoms with E-state index in [9.17, 15) is 0 Å². The van der Waals surface area contributed by atoms with E-state index in [1.54, 1.807) is 11.8 Å². The minimum absolute atomic E-state index is 0.430. The van der Waals surface area contributed by atoms with Crippen molar-refractivity contribution in [3.63, 3.8) is 0 Å². The van der Waals surface area contributed by atoms with Crippen molar-refractivity contribution in [1.29, 1.82) is 0 Å². The molecule has 0 N–H and O–H groups in total. The molecule has 0 aromatic rings. The van der Waals surface area contributed by atoms with Crippen molar-refractivity contribution < 1.29 is 0 Å². The topological polar surface area (TPSA) is 3.24 Å². The average Bonchev–Trinajstić information content (AvgIpc) is 2.30. The molecule has 1 nitrogen and oxygen atoms in total. The molecule has 0 aliphatic carbocycles. The van der Waals surface area contributed by atoms with Crippen LogP contribution >= 0.6 is 11.8 Å². The van der Waals surface area contributed by atoms with Gasteiger partial charge in [0.15, 0.2) is 0 Å². The first kappa shape index (κ1) is 16.1. The summed E-state index contributed by atoms with van der Waals surface area (Å²) in [7, 11) is 4.08. The molecule has 0 heterocycles. The second-order valence-electron chi connectivity index (χ2n) is 4.14. The minimum atomic E-state index is 0.430. The maximum Gasteiger partial charge on any atom is 0.00632 e. The first-order chi connectivity index (χ1) is 8.06. The van der Waals surface area contributed by atoms with Crippen LogP contribution in [0.4, 0.5) is 0 Å². The lowest BCUT2D eigenvalue weighted by Crippen LogP contribution is -2.04. The van der Waals surface area contributed by atoms with Gasteiger partial charge in [-0.05, 0) is 48.9 Å². The summed E-state index contributed by atoms with van der Waals surface area (Å²) in [6, 6.07) is 0. The molecule has 96 valence electrons. The highest BCUT2D eigenvalue weighted by Gasteiger charge is 2.08. The van der Waals surface area contributed by atoms with Crippen LogP contribution in [0.3, 0.4) is 0 Å². The molecule has 0 amide bonds. The Bertz CT molecular complexity index is 322. The fourth-order valence-electron chi connectivity index (χ4n) is 1.53. The minimum Gasteiger partial charge on any atom is -0.383 e. The van der Waals surface area contributed by atoms with Crippen LogP contribution in [0.25, 0.3) is 0 Å². The molecular weight excluding hydrogens is 226 g/mol. The zero-order valence-electron chi connectivity index (χ0n) is 11.9. The van der Waals surface area contributed by atoms with Crippen LogP contribution in [-0.2, 0) is 0 Å². The van der Waals surface area contributed by atoms with E-state index >= 15 is 0 Å². The summed E-state index contributed by atoms with van der Waals surface area (Å²) in [6.07, 6.45) is 12.8. The summed E-state index contributed by atoms with van der Waals surface area (Å²) < 4.78 is 0. The Morgan fingerprint density at radius 2 is 1.76 bits per heavy atom. The fourth-order valence-corrected chi connectivity index (χ4v) is 2.09. The molecule has 2 heteroatoms. The van der Waals surface area contributed by atoms with Crippen LogP contribution in [0.2, 0.25) is 0 Å². The lowest BCUT2D eigenvalue weighted by molar-refractivity contribution is 0.562. The smallest absolute Gasteiger partial charge is 0.00632 e. The zero-order chi connectivity index (χ0) is 13.3. The van der Waals surface area contributed by atoms with E-state index in [1.807, 2.05) is 14.1 Å². The SMILES string of the molecule is C/C=C\C(=C/C)C(C)C(/C=C\N(C)C)=C/SC. The molecule has 0 rings (SSSR count). The van der Waals surface area contributed by atoms with Crippen LogP contribution in [-0.4, -0.2) is 25.3 Å². The Morgan fingerprint density at radius 1 is 1.12 bits per heavy atom. The summed E-state index contributed by atoms with van der Waals surface area (Å²) in [5.74, 6) is 0.430. The van der Waals surface area contributed by atoms with Gasteiger partial charge in [-0.15, -0.1) is 11.8 Å². The second-order valence-corrected chi connectivity index (χ2v) is 4.85. The van der Waals surface area contributed by atoms with E-state index in [-0.39, 0.29) is 0 Å². The predicted octanol–water partition coefficient (Wildman–Crippen LogP) is 4.47. The predicted molar refractivity (Wildman–Crippen MR) is 82.2 cm³/mol. The van der Waals surface area contributed by atoms with Crippen molar-refractivity contribution in [2.45, 2.75) is 20.8 Å². The first-order valence-electron chi connectivity index (χ1n) is 5.93. The Morgan fingerprint density at radius 3 is 2.18 bits per heavy atom. The molecule has 1 atom stereocenters. The van der Waals surface area contributed by atoms with Crippen LogP contribution in [0.5, 0.6) is 0 Å². The molecule has 0 saturated carbocycles. The van der Waals surface area contributed by atoms with Crippen molar-refractivity contribution in [2.75, 3.05) is 20.4 Å². The molecule has 0 bridgehead atoms. The van der Waals surface area contributed by atoms with Crippen molar-refractivity contribution >= 4 is 11.8 Å². The van der Waals surface area contributed by atoms with Gasteiger partial charge in [0.1, 0.15) is 0 Å². The van der Waals surface area contributed by atoms with Gasteiger partial charge >= 0.3 is 0 Å². The molecule has 0 saturated heterocycles. The van der Waals surface area contributed by atoms with Gasteiger partial charge in [0.2, 0.25) is 0 Å². The third-order valence-corrected chi connectivity index (χ3v) is 3.02. The fraction of sp³-hybridized carbons (Fsp3) is 0.467. The van der Waals surface area contributed by atoms with Gasteiger partial charge in [0.25, 0.3) is 0 Å². The van der Waals surface area contributed by atoms with E-state index in [0.717, 1.165) is 0 Å². The number of hydrogen-bond donors (Lipinski definition) is 0. The Balaban J connectivity index is 5.01. The molecule has 0 radical (unpaired) electrons. The number of rotatable bonds is 6. The summed E-state index contributed by atoms with van der Waals surface area (Å²) in [4.78, 5) is 2.06. The van der Waals surface area contributed by atoms with E-state index in [1.165, 1.54) is 11.1 Å². The summed E-state index contributed by atoms with van der Waals surface area (Å²) in [5.41, 5.74) is 2.70. The monoisotopic (exact) mass is 251 g/mol.